The normalized spacial score (nSPS) is 14.3. The van der Waals surface area contributed by atoms with E-state index >= 15 is 0 Å². The van der Waals surface area contributed by atoms with Gasteiger partial charge in [-0.25, -0.2) is 9.59 Å². The third-order valence-corrected chi connectivity index (χ3v) is 2.88. The van der Waals surface area contributed by atoms with Gasteiger partial charge in [-0.2, -0.15) is 0 Å². The van der Waals surface area contributed by atoms with Gasteiger partial charge in [0, 0.05) is 12.2 Å². The topological polar surface area (TPSA) is 68.5 Å². The molecule has 1 aromatic rings. The van der Waals surface area contributed by atoms with Crippen LogP contribution < -0.4 is 0 Å². The first-order valence-corrected chi connectivity index (χ1v) is 5.19. The molecular weight excluding hydrogens is 210 g/mol. The average Bonchev–Trinajstić information content (AvgIpc) is 2.67. The molecule has 0 fully saturated rings. The summed E-state index contributed by atoms with van der Waals surface area (Å²) in [5.74, 6) is -1.46. The highest BCUT2D eigenvalue weighted by molar-refractivity contribution is 5.95. The molecule has 0 bridgehead atoms. The van der Waals surface area contributed by atoms with E-state index in [2.05, 4.69) is 4.74 Å². The number of carboxylic acid groups (broad SMARTS) is 1. The van der Waals surface area contributed by atoms with Gasteiger partial charge in [0.2, 0.25) is 0 Å². The molecule has 2 heterocycles. The number of esters is 1. The van der Waals surface area contributed by atoms with Crippen LogP contribution in [0.3, 0.4) is 0 Å². The van der Waals surface area contributed by atoms with E-state index in [1.165, 1.54) is 13.2 Å². The molecule has 0 amide bonds. The van der Waals surface area contributed by atoms with Crippen LogP contribution in [-0.2, 0) is 17.7 Å². The molecule has 0 saturated carbocycles. The fraction of sp³-hybridized carbons (Fsp3) is 0.455. The van der Waals surface area contributed by atoms with Gasteiger partial charge in [-0.15, -0.1) is 0 Å². The van der Waals surface area contributed by atoms with E-state index in [9.17, 15) is 9.59 Å². The molecule has 5 heteroatoms. The molecule has 1 aromatic heterocycles. The Labute approximate surface area is 92.6 Å². The molecule has 1 N–H and O–H groups in total. The first-order valence-electron chi connectivity index (χ1n) is 5.19. The average molecular weight is 223 g/mol. The van der Waals surface area contributed by atoms with Crippen molar-refractivity contribution in [2.45, 2.75) is 25.8 Å². The first-order chi connectivity index (χ1) is 7.65. The fourth-order valence-electron chi connectivity index (χ4n) is 2.14. The lowest BCUT2D eigenvalue weighted by molar-refractivity contribution is 0.0598. The van der Waals surface area contributed by atoms with Gasteiger partial charge < -0.3 is 14.4 Å². The monoisotopic (exact) mass is 223 g/mol. The highest BCUT2D eigenvalue weighted by Crippen LogP contribution is 2.24. The smallest absolute Gasteiger partial charge is 0.352 e. The zero-order chi connectivity index (χ0) is 11.7. The Bertz CT molecular complexity index is 447. The largest absolute Gasteiger partial charge is 0.477 e. The van der Waals surface area contributed by atoms with Crippen molar-refractivity contribution in [1.82, 2.24) is 4.57 Å². The molecule has 5 nitrogen and oxygen atoms in total. The minimum absolute atomic E-state index is 0.176. The molecule has 0 radical (unpaired) electrons. The highest BCUT2D eigenvalue weighted by atomic mass is 16.5. The van der Waals surface area contributed by atoms with Gasteiger partial charge >= 0.3 is 11.9 Å². The van der Waals surface area contributed by atoms with Crippen LogP contribution in [0.2, 0.25) is 0 Å². The van der Waals surface area contributed by atoms with Crippen molar-refractivity contribution in [2.75, 3.05) is 7.11 Å². The van der Waals surface area contributed by atoms with Gasteiger partial charge in [0.1, 0.15) is 5.69 Å². The number of hydrogen-bond acceptors (Lipinski definition) is 3. The molecular formula is C11H13NO4. The van der Waals surface area contributed by atoms with E-state index in [4.69, 9.17) is 5.11 Å². The van der Waals surface area contributed by atoms with Gasteiger partial charge in [-0.3, -0.25) is 0 Å². The Morgan fingerprint density at radius 3 is 2.81 bits per heavy atom. The molecule has 0 spiro atoms. The summed E-state index contributed by atoms with van der Waals surface area (Å²) >= 11 is 0. The Balaban J connectivity index is 2.54. The van der Waals surface area contributed by atoms with Crippen molar-refractivity contribution in [2.24, 2.45) is 0 Å². The third kappa shape index (κ3) is 1.58. The summed E-state index contributed by atoms with van der Waals surface area (Å²) in [6.07, 6.45) is 2.66. The summed E-state index contributed by atoms with van der Waals surface area (Å²) in [4.78, 5) is 22.5. The third-order valence-electron chi connectivity index (χ3n) is 2.88. The zero-order valence-corrected chi connectivity index (χ0v) is 9.02. The second-order valence-electron chi connectivity index (χ2n) is 3.80. The SMILES string of the molecule is COC(=O)c1cc(C(=O)O)n2c1CCCC2. The number of carbonyl (C=O) groups excluding carboxylic acids is 1. The number of aromatic nitrogens is 1. The minimum atomic E-state index is -1.00. The van der Waals surface area contributed by atoms with Crippen LogP contribution in [-0.4, -0.2) is 28.7 Å². The number of rotatable bonds is 2. The Kier molecular flexibility index (Phi) is 2.68. The van der Waals surface area contributed by atoms with Crippen LogP contribution in [0, 0.1) is 0 Å². The molecule has 1 aliphatic rings. The summed E-state index contributed by atoms with van der Waals surface area (Å²) < 4.78 is 6.36. The molecule has 0 saturated heterocycles. The summed E-state index contributed by atoms with van der Waals surface area (Å²) in [7, 11) is 1.30. The fourth-order valence-corrected chi connectivity index (χ4v) is 2.14. The lowest BCUT2D eigenvalue weighted by Gasteiger charge is -2.17. The van der Waals surface area contributed by atoms with Gasteiger partial charge in [0.15, 0.2) is 0 Å². The van der Waals surface area contributed by atoms with Crippen molar-refractivity contribution >= 4 is 11.9 Å². The standard InChI is InChI=1S/C11H13NO4/c1-16-11(15)7-6-9(10(13)14)12-5-3-2-4-8(7)12/h6H,2-5H2,1H3,(H,13,14). The van der Waals surface area contributed by atoms with E-state index in [-0.39, 0.29) is 5.69 Å². The summed E-state index contributed by atoms with van der Waals surface area (Å²) in [6.45, 7) is 0.661. The van der Waals surface area contributed by atoms with Gasteiger partial charge in [-0.1, -0.05) is 0 Å². The molecule has 16 heavy (non-hydrogen) atoms. The number of hydrogen-bond donors (Lipinski definition) is 1. The van der Waals surface area contributed by atoms with E-state index < -0.39 is 11.9 Å². The van der Waals surface area contributed by atoms with E-state index in [0.717, 1.165) is 25.0 Å². The van der Waals surface area contributed by atoms with E-state index in [1.54, 1.807) is 4.57 Å². The summed E-state index contributed by atoms with van der Waals surface area (Å²) in [5, 5.41) is 9.04. The maximum atomic E-state index is 11.5. The van der Waals surface area contributed by atoms with Crippen LogP contribution >= 0.6 is 0 Å². The van der Waals surface area contributed by atoms with E-state index in [0.29, 0.717) is 12.1 Å². The van der Waals surface area contributed by atoms with E-state index in [1.807, 2.05) is 0 Å². The van der Waals surface area contributed by atoms with Crippen molar-refractivity contribution in [3.8, 4) is 0 Å². The molecule has 0 aromatic carbocycles. The summed E-state index contributed by atoms with van der Waals surface area (Å²) in [5.41, 5.74) is 1.35. The number of nitrogens with zero attached hydrogens (tertiary/aromatic N) is 1. The van der Waals surface area contributed by atoms with Gasteiger partial charge in [0.05, 0.1) is 12.7 Å². The maximum absolute atomic E-state index is 11.5. The van der Waals surface area contributed by atoms with Gasteiger partial charge in [0.25, 0.3) is 0 Å². The first kappa shape index (κ1) is 10.7. The second kappa shape index (κ2) is 4.00. The molecule has 86 valence electrons. The molecule has 0 atom stereocenters. The van der Waals surface area contributed by atoms with Crippen molar-refractivity contribution in [1.29, 1.82) is 0 Å². The number of fused-ring (bicyclic) bond motifs is 1. The van der Waals surface area contributed by atoms with Crippen molar-refractivity contribution < 1.29 is 19.4 Å². The molecule has 1 aliphatic heterocycles. The number of ether oxygens (including phenoxy) is 1. The summed E-state index contributed by atoms with van der Waals surface area (Å²) in [6, 6.07) is 1.41. The van der Waals surface area contributed by atoms with Crippen LogP contribution in [0.1, 0.15) is 39.4 Å². The minimum Gasteiger partial charge on any atom is -0.477 e. The number of aromatic carboxylic acids is 1. The highest BCUT2D eigenvalue weighted by Gasteiger charge is 2.25. The number of carbonyl (C=O) groups is 2. The number of methoxy groups -OCH3 is 1. The zero-order valence-electron chi connectivity index (χ0n) is 9.02. The molecule has 0 unspecified atom stereocenters. The van der Waals surface area contributed by atoms with Gasteiger partial charge in [-0.05, 0) is 25.3 Å². The quantitative estimate of drug-likeness (QED) is 0.767. The predicted octanol–water partition coefficient (Wildman–Crippen LogP) is 1.31. The number of carboxylic acids is 1. The lowest BCUT2D eigenvalue weighted by Crippen LogP contribution is -2.16. The Hall–Kier alpha value is -1.78. The van der Waals surface area contributed by atoms with Crippen LogP contribution in [0.5, 0.6) is 0 Å². The Morgan fingerprint density at radius 1 is 1.44 bits per heavy atom. The van der Waals surface area contributed by atoms with Crippen molar-refractivity contribution in [3.63, 3.8) is 0 Å². The van der Waals surface area contributed by atoms with Crippen LogP contribution in [0.15, 0.2) is 6.07 Å². The van der Waals surface area contributed by atoms with Crippen LogP contribution in [0.4, 0.5) is 0 Å². The second-order valence-corrected chi connectivity index (χ2v) is 3.80. The maximum Gasteiger partial charge on any atom is 0.352 e. The van der Waals surface area contributed by atoms with Crippen LogP contribution in [0.25, 0.3) is 0 Å². The predicted molar refractivity (Wildman–Crippen MR) is 55.7 cm³/mol. The molecule has 2 rings (SSSR count). The lowest BCUT2D eigenvalue weighted by atomic mass is 10.1. The molecule has 0 aliphatic carbocycles. The van der Waals surface area contributed by atoms with Crippen molar-refractivity contribution in [3.05, 3.63) is 23.0 Å². The Morgan fingerprint density at radius 2 is 2.19 bits per heavy atom.